The summed E-state index contributed by atoms with van der Waals surface area (Å²) in [4.78, 5) is 14.8. The molecule has 1 aliphatic heterocycles. The van der Waals surface area contributed by atoms with Crippen LogP contribution in [0.5, 0.6) is 0 Å². The first-order valence-electron chi connectivity index (χ1n) is 7.64. The molecule has 4 unspecified atom stereocenters. The second kappa shape index (κ2) is 7.49. The number of nitrogens with two attached hydrogens (primary N) is 1. The first-order chi connectivity index (χ1) is 8.58. The molecule has 1 saturated heterocycles. The average Bonchev–Trinajstić information content (AvgIpc) is 2.50. The number of hydrogen-bond donors (Lipinski definition) is 1. The number of halogens is 1. The van der Waals surface area contributed by atoms with Gasteiger partial charge in [-0.05, 0) is 44.9 Å². The molecule has 3 nitrogen and oxygen atoms in total. The largest absolute Gasteiger partial charge is 0.339 e. The normalized spacial score (nSPS) is 36.3. The standard InChI is InChI=1S/C15H28N2O.ClH/c1-11-5-3-6-12(2)17(10-11)15(18)13-7-4-8-14(16)9-13;/h11-14H,3-10,16H2,1-2H3;1H. The number of likely N-dealkylation sites (tertiary alicyclic amines) is 1. The van der Waals surface area contributed by atoms with E-state index in [2.05, 4.69) is 18.7 Å². The van der Waals surface area contributed by atoms with Crippen LogP contribution in [0.25, 0.3) is 0 Å². The van der Waals surface area contributed by atoms with Crippen LogP contribution in [0.1, 0.15) is 58.8 Å². The van der Waals surface area contributed by atoms with E-state index in [-0.39, 0.29) is 24.4 Å². The van der Waals surface area contributed by atoms with Gasteiger partial charge in [-0.3, -0.25) is 4.79 Å². The molecule has 0 aromatic carbocycles. The Hall–Kier alpha value is -0.280. The van der Waals surface area contributed by atoms with Crippen molar-refractivity contribution in [1.29, 1.82) is 0 Å². The second-order valence-electron chi connectivity index (χ2n) is 6.50. The second-order valence-corrected chi connectivity index (χ2v) is 6.50. The van der Waals surface area contributed by atoms with Gasteiger partial charge in [0.25, 0.3) is 0 Å². The van der Waals surface area contributed by atoms with E-state index >= 15 is 0 Å². The summed E-state index contributed by atoms with van der Waals surface area (Å²) in [6.07, 6.45) is 7.84. The summed E-state index contributed by atoms with van der Waals surface area (Å²) in [7, 11) is 0. The third-order valence-corrected chi connectivity index (χ3v) is 4.71. The maximum atomic E-state index is 12.7. The van der Waals surface area contributed by atoms with E-state index in [9.17, 15) is 4.79 Å². The Morgan fingerprint density at radius 3 is 2.47 bits per heavy atom. The highest BCUT2D eigenvalue weighted by atomic mass is 35.5. The van der Waals surface area contributed by atoms with E-state index in [0.717, 1.165) is 38.6 Å². The number of nitrogens with zero attached hydrogens (tertiary/aromatic N) is 1. The van der Waals surface area contributed by atoms with Crippen LogP contribution in [0, 0.1) is 11.8 Å². The monoisotopic (exact) mass is 288 g/mol. The number of amides is 1. The van der Waals surface area contributed by atoms with E-state index < -0.39 is 0 Å². The molecule has 4 heteroatoms. The van der Waals surface area contributed by atoms with Crippen LogP contribution in [0.2, 0.25) is 0 Å². The van der Waals surface area contributed by atoms with Crippen LogP contribution in [0.15, 0.2) is 0 Å². The number of hydrogen-bond acceptors (Lipinski definition) is 2. The van der Waals surface area contributed by atoms with Crippen LogP contribution >= 0.6 is 12.4 Å². The molecule has 2 N–H and O–H groups in total. The lowest BCUT2D eigenvalue weighted by molar-refractivity contribution is -0.139. The molecule has 0 radical (unpaired) electrons. The molecule has 2 rings (SSSR count). The van der Waals surface area contributed by atoms with Gasteiger partial charge in [0, 0.05) is 24.5 Å². The van der Waals surface area contributed by atoms with Crippen LogP contribution in [0.4, 0.5) is 0 Å². The lowest BCUT2D eigenvalue weighted by atomic mass is 9.85. The molecule has 0 aromatic rings. The van der Waals surface area contributed by atoms with Crippen molar-refractivity contribution in [1.82, 2.24) is 4.90 Å². The zero-order valence-corrected chi connectivity index (χ0v) is 13.1. The predicted octanol–water partition coefficient (Wildman–Crippen LogP) is 2.96. The summed E-state index contributed by atoms with van der Waals surface area (Å²) in [5.74, 6) is 1.23. The minimum absolute atomic E-state index is 0. The summed E-state index contributed by atoms with van der Waals surface area (Å²) in [5, 5.41) is 0. The highest BCUT2D eigenvalue weighted by molar-refractivity contribution is 5.85. The van der Waals surface area contributed by atoms with Gasteiger partial charge in [-0.1, -0.05) is 19.8 Å². The van der Waals surface area contributed by atoms with Crippen molar-refractivity contribution in [2.24, 2.45) is 17.6 Å². The topological polar surface area (TPSA) is 46.3 Å². The summed E-state index contributed by atoms with van der Waals surface area (Å²) in [6.45, 7) is 5.43. The number of carbonyl (C=O) groups is 1. The van der Waals surface area contributed by atoms with E-state index in [1.165, 1.54) is 12.8 Å². The molecule has 0 spiro atoms. The molecule has 112 valence electrons. The van der Waals surface area contributed by atoms with Gasteiger partial charge in [-0.15, -0.1) is 12.4 Å². The molecule has 19 heavy (non-hydrogen) atoms. The zero-order chi connectivity index (χ0) is 13.1. The van der Waals surface area contributed by atoms with Crippen LogP contribution in [-0.2, 0) is 4.79 Å². The Kier molecular flexibility index (Phi) is 6.61. The average molecular weight is 289 g/mol. The van der Waals surface area contributed by atoms with Gasteiger partial charge in [-0.25, -0.2) is 0 Å². The Morgan fingerprint density at radius 2 is 1.79 bits per heavy atom. The molecule has 1 heterocycles. The van der Waals surface area contributed by atoms with Crippen molar-refractivity contribution >= 4 is 18.3 Å². The summed E-state index contributed by atoms with van der Waals surface area (Å²) < 4.78 is 0. The molecular weight excluding hydrogens is 260 g/mol. The summed E-state index contributed by atoms with van der Waals surface area (Å²) in [5.41, 5.74) is 6.01. The van der Waals surface area contributed by atoms with Gasteiger partial charge >= 0.3 is 0 Å². The third-order valence-electron chi connectivity index (χ3n) is 4.71. The van der Waals surface area contributed by atoms with Crippen molar-refractivity contribution in [3.8, 4) is 0 Å². The van der Waals surface area contributed by atoms with Crippen molar-refractivity contribution in [3.63, 3.8) is 0 Å². The molecule has 4 atom stereocenters. The van der Waals surface area contributed by atoms with Crippen molar-refractivity contribution in [3.05, 3.63) is 0 Å². The summed E-state index contributed by atoms with van der Waals surface area (Å²) in [6, 6.07) is 0.660. The van der Waals surface area contributed by atoms with E-state index in [0.29, 0.717) is 17.9 Å². The summed E-state index contributed by atoms with van der Waals surface area (Å²) >= 11 is 0. The maximum absolute atomic E-state index is 12.7. The van der Waals surface area contributed by atoms with Crippen molar-refractivity contribution in [2.75, 3.05) is 6.54 Å². The van der Waals surface area contributed by atoms with Gasteiger partial charge in [0.2, 0.25) is 5.91 Å². The SMILES string of the molecule is CC1CCCC(C)N(C(=O)C2CCCC(N)C2)C1.Cl. The minimum Gasteiger partial charge on any atom is -0.339 e. The van der Waals surface area contributed by atoms with Crippen molar-refractivity contribution in [2.45, 2.75) is 70.9 Å². The van der Waals surface area contributed by atoms with Gasteiger partial charge in [0.05, 0.1) is 0 Å². The van der Waals surface area contributed by atoms with Crippen LogP contribution in [0.3, 0.4) is 0 Å². The fourth-order valence-electron chi connectivity index (χ4n) is 3.52. The Balaban J connectivity index is 0.00000180. The highest BCUT2D eigenvalue weighted by Crippen LogP contribution is 2.28. The lowest BCUT2D eigenvalue weighted by Crippen LogP contribution is -2.45. The molecule has 2 fully saturated rings. The maximum Gasteiger partial charge on any atom is 0.225 e. The lowest BCUT2D eigenvalue weighted by Gasteiger charge is -2.35. The molecule has 2 aliphatic rings. The molecule has 1 saturated carbocycles. The fraction of sp³-hybridized carbons (Fsp3) is 0.933. The van der Waals surface area contributed by atoms with Gasteiger partial charge < -0.3 is 10.6 Å². The minimum atomic E-state index is 0. The Morgan fingerprint density at radius 1 is 1.11 bits per heavy atom. The van der Waals surface area contributed by atoms with Gasteiger partial charge in [0.15, 0.2) is 0 Å². The van der Waals surface area contributed by atoms with Gasteiger partial charge in [-0.2, -0.15) is 0 Å². The van der Waals surface area contributed by atoms with E-state index in [1.807, 2.05) is 0 Å². The van der Waals surface area contributed by atoms with Gasteiger partial charge in [0.1, 0.15) is 0 Å². The smallest absolute Gasteiger partial charge is 0.225 e. The number of rotatable bonds is 1. The fourth-order valence-corrected chi connectivity index (χ4v) is 3.52. The molecule has 1 aliphatic carbocycles. The number of carbonyl (C=O) groups excluding carboxylic acids is 1. The predicted molar refractivity (Wildman–Crippen MR) is 81.4 cm³/mol. The van der Waals surface area contributed by atoms with Crippen LogP contribution in [-0.4, -0.2) is 29.4 Å². The Labute approximate surface area is 123 Å². The molecule has 1 amide bonds. The zero-order valence-electron chi connectivity index (χ0n) is 12.3. The van der Waals surface area contributed by atoms with Crippen molar-refractivity contribution < 1.29 is 4.79 Å². The third kappa shape index (κ3) is 4.35. The molecular formula is C15H29ClN2O. The molecule has 0 aromatic heterocycles. The van der Waals surface area contributed by atoms with E-state index in [1.54, 1.807) is 0 Å². The van der Waals surface area contributed by atoms with E-state index in [4.69, 9.17) is 5.73 Å². The van der Waals surface area contributed by atoms with Crippen LogP contribution < -0.4 is 5.73 Å². The molecule has 0 bridgehead atoms. The quantitative estimate of drug-likeness (QED) is 0.806. The first kappa shape index (κ1) is 16.8. The first-order valence-corrected chi connectivity index (χ1v) is 7.64. The Bertz CT molecular complexity index is 298. The highest BCUT2D eigenvalue weighted by Gasteiger charge is 2.32.